The van der Waals surface area contributed by atoms with E-state index in [0.717, 1.165) is 24.3 Å². The van der Waals surface area contributed by atoms with Gasteiger partial charge in [0.1, 0.15) is 11.9 Å². The highest BCUT2D eigenvalue weighted by atomic mass is 16.5. The van der Waals surface area contributed by atoms with E-state index in [1.807, 2.05) is 29.2 Å². The summed E-state index contributed by atoms with van der Waals surface area (Å²) < 4.78 is 10.8. The predicted molar refractivity (Wildman–Crippen MR) is 81.6 cm³/mol. The third-order valence-corrected chi connectivity index (χ3v) is 4.50. The molecule has 2 atom stereocenters. The van der Waals surface area contributed by atoms with Crippen molar-refractivity contribution < 1.29 is 14.3 Å². The molecule has 1 heterocycles. The van der Waals surface area contributed by atoms with E-state index >= 15 is 0 Å². The van der Waals surface area contributed by atoms with Gasteiger partial charge < -0.3 is 14.4 Å². The smallest absolute Gasteiger partial charge is 0.256 e. The monoisotopic (exact) mass is 289 g/mol. The van der Waals surface area contributed by atoms with E-state index in [1.165, 1.54) is 12.8 Å². The van der Waals surface area contributed by atoms with Crippen LogP contribution in [0.2, 0.25) is 0 Å². The lowest BCUT2D eigenvalue weighted by atomic mass is 10.1. The largest absolute Gasteiger partial charge is 0.497 e. The number of anilines is 1. The van der Waals surface area contributed by atoms with Gasteiger partial charge in [-0.2, -0.15) is 0 Å². The van der Waals surface area contributed by atoms with E-state index in [2.05, 4.69) is 6.92 Å². The molecule has 0 aromatic heterocycles. The molecule has 4 heteroatoms. The van der Waals surface area contributed by atoms with Gasteiger partial charge in [0, 0.05) is 18.3 Å². The summed E-state index contributed by atoms with van der Waals surface area (Å²) in [5.74, 6) is 1.54. The Labute approximate surface area is 126 Å². The molecule has 2 fully saturated rings. The van der Waals surface area contributed by atoms with Crippen LogP contribution >= 0.6 is 0 Å². The minimum absolute atomic E-state index is 0.108. The molecule has 1 aliphatic heterocycles. The lowest BCUT2D eigenvalue weighted by Crippen LogP contribution is -2.45. The molecule has 2 aliphatic rings. The average Bonchev–Trinajstić information content (AvgIpc) is 3.22. The van der Waals surface area contributed by atoms with Crippen LogP contribution in [0.5, 0.6) is 5.75 Å². The zero-order valence-corrected chi connectivity index (χ0v) is 12.7. The highest BCUT2D eigenvalue weighted by Gasteiger charge is 2.38. The van der Waals surface area contributed by atoms with Gasteiger partial charge in [0.25, 0.3) is 5.91 Å². The van der Waals surface area contributed by atoms with Gasteiger partial charge in [-0.05, 0) is 62.8 Å². The van der Waals surface area contributed by atoms with Crippen LogP contribution in [0.3, 0.4) is 0 Å². The Balaban J connectivity index is 1.84. The van der Waals surface area contributed by atoms with Crippen molar-refractivity contribution in [1.82, 2.24) is 0 Å². The fraction of sp³-hybridized carbons (Fsp3) is 0.588. The summed E-state index contributed by atoms with van der Waals surface area (Å²) in [5, 5.41) is 0. The first-order valence-electron chi connectivity index (χ1n) is 7.79. The van der Waals surface area contributed by atoms with E-state index < -0.39 is 0 Å². The highest BCUT2D eigenvalue weighted by molar-refractivity contribution is 5.97. The number of methoxy groups -OCH3 is 1. The first-order valence-corrected chi connectivity index (χ1v) is 7.79. The molecule has 1 aromatic carbocycles. The molecule has 1 amide bonds. The maximum atomic E-state index is 12.8. The van der Waals surface area contributed by atoms with Crippen LogP contribution in [-0.4, -0.2) is 31.8 Å². The number of amides is 1. The number of carbonyl (C=O) groups excluding carboxylic acids is 1. The Kier molecular flexibility index (Phi) is 4.15. The van der Waals surface area contributed by atoms with Gasteiger partial charge in [-0.3, -0.25) is 4.79 Å². The lowest BCUT2D eigenvalue weighted by molar-refractivity contribution is -0.127. The number of benzene rings is 1. The van der Waals surface area contributed by atoms with Crippen molar-refractivity contribution in [1.29, 1.82) is 0 Å². The van der Waals surface area contributed by atoms with Crippen LogP contribution in [0.4, 0.5) is 5.69 Å². The normalized spacial score (nSPS) is 22.9. The quantitative estimate of drug-likeness (QED) is 0.836. The number of hydrogen-bond acceptors (Lipinski definition) is 3. The fourth-order valence-electron chi connectivity index (χ4n) is 3.02. The number of ether oxygens (including phenoxy) is 2. The van der Waals surface area contributed by atoms with Crippen LogP contribution in [0, 0.1) is 5.92 Å². The molecule has 0 N–H and O–H groups in total. The molecule has 0 radical (unpaired) electrons. The molecule has 0 spiro atoms. The molecule has 0 unspecified atom stereocenters. The van der Waals surface area contributed by atoms with Crippen molar-refractivity contribution in [3.05, 3.63) is 24.3 Å². The van der Waals surface area contributed by atoms with E-state index in [0.29, 0.717) is 12.5 Å². The topological polar surface area (TPSA) is 38.8 Å². The Hall–Kier alpha value is -1.55. The summed E-state index contributed by atoms with van der Waals surface area (Å²) in [6.45, 7) is 2.85. The zero-order chi connectivity index (χ0) is 14.8. The van der Waals surface area contributed by atoms with Crippen LogP contribution in [0.1, 0.15) is 32.6 Å². The molecular weight excluding hydrogens is 266 g/mol. The Bertz CT molecular complexity index is 489. The third kappa shape index (κ3) is 3.05. The minimum Gasteiger partial charge on any atom is -0.497 e. The van der Waals surface area contributed by atoms with Crippen LogP contribution < -0.4 is 9.64 Å². The second-order valence-corrected chi connectivity index (χ2v) is 5.99. The van der Waals surface area contributed by atoms with Crippen molar-refractivity contribution in [3.63, 3.8) is 0 Å². The molecule has 3 rings (SSSR count). The van der Waals surface area contributed by atoms with Gasteiger partial charge in [0.2, 0.25) is 0 Å². The lowest BCUT2D eigenvalue weighted by Gasteiger charge is -2.31. The SMILES string of the molecule is COc1ccc(N(C(=O)[C@H]2CCCO2)[C@H](C)C2CC2)cc1. The maximum absolute atomic E-state index is 12.8. The molecule has 114 valence electrons. The first kappa shape index (κ1) is 14.4. The van der Waals surface area contributed by atoms with Gasteiger partial charge >= 0.3 is 0 Å². The highest BCUT2D eigenvalue weighted by Crippen LogP contribution is 2.38. The summed E-state index contributed by atoms with van der Waals surface area (Å²) in [6.07, 6.45) is 3.97. The molecule has 1 saturated heterocycles. The van der Waals surface area contributed by atoms with Gasteiger partial charge in [-0.25, -0.2) is 0 Å². The van der Waals surface area contributed by atoms with Crippen LogP contribution in [0.25, 0.3) is 0 Å². The minimum atomic E-state index is -0.270. The van der Waals surface area contributed by atoms with E-state index in [4.69, 9.17) is 9.47 Å². The molecule has 1 aromatic rings. The van der Waals surface area contributed by atoms with Gasteiger partial charge in [-0.1, -0.05) is 0 Å². The van der Waals surface area contributed by atoms with Crippen molar-refractivity contribution in [3.8, 4) is 5.75 Å². The van der Waals surface area contributed by atoms with Crippen LogP contribution in [0.15, 0.2) is 24.3 Å². The summed E-state index contributed by atoms with van der Waals surface area (Å²) in [7, 11) is 1.65. The van der Waals surface area contributed by atoms with Gasteiger partial charge in [-0.15, -0.1) is 0 Å². The maximum Gasteiger partial charge on any atom is 0.256 e. The van der Waals surface area contributed by atoms with E-state index in [1.54, 1.807) is 7.11 Å². The number of nitrogens with zero attached hydrogens (tertiary/aromatic N) is 1. The molecule has 1 aliphatic carbocycles. The van der Waals surface area contributed by atoms with Crippen molar-refractivity contribution in [2.75, 3.05) is 18.6 Å². The Morgan fingerprint density at radius 3 is 2.52 bits per heavy atom. The van der Waals surface area contributed by atoms with E-state index in [9.17, 15) is 4.79 Å². The second-order valence-electron chi connectivity index (χ2n) is 5.99. The summed E-state index contributed by atoms with van der Waals surface area (Å²) in [6, 6.07) is 7.97. The first-order chi connectivity index (χ1) is 10.2. The number of rotatable bonds is 5. The summed E-state index contributed by atoms with van der Waals surface area (Å²) in [4.78, 5) is 14.8. The van der Waals surface area contributed by atoms with E-state index in [-0.39, 0.29) is 18.1 Å². The second kappa shape index (κ2) is 6.06. The molecule has 0 bridgehead atoms. The Morgan fingerprint density at radius 1 is 1.29 bits per heavy atom. The van der Waals surface area contributed by atoms with Gasteiger partial charge in [0.15, 0.2) is 0 Å². The van der Waals surface area contributed by atoms with Crippen LogP contribution in [-0.2, 0) is 9.53 Å². The zero-order valence-electron chi connectivity index (χ0n) is 12.7. The van der Waals surface area contributed by atoms with Crippen molar-refractivity contribution in [2.45, 2.75) is 44.8 Å². The van der Waals surface area contributed by atoms with Crippen molar-refractivity contribution >= 4 is 11.6 Å². The summed E-state index contributed by atoms with van der Waals surface area (Å²) >= 11 is 0. The number of hydrogen-bond donors (Lipinski definition) is 0. The molecular formula is C17H23NO3. The molecule has 21 heavy (non-hydrogen) atoms. The predicted octanol–water partition coefficient (Wildman–Crippen LogP) is 3.01. The molecule has 1 saturated carbocycles. The van der Waals surface area contributed by atoms with Gasteiger partial charge in [0.05, 0.1) is 7.11 Å². The number of carbonyl (C=O) groups is 1. The standard InChI is InChI=1S/C17H23NO3/c1-12(13-5-6-13)18(17(19)16-4-3-11-21-16)14-7-9-15(20-2)10-8-14/h7-10,12-13,16H,3-6,11H2,1-2H3/t12-,16-/m1/s1. The average molecular weight is 289 g/mol. The fourth-order valence-corrected chi connectivity index (χ4v) is 3.02. The summed E-state index contributed by atoms with van der Waals surface area (Å²) in [5.41, 5.74) is 0.940. The third-order valence-electron chi connectivity index (χ3n) is 4.50. The Morgan fingerprint density at radius 2 is 2.00 bits per heavy atom. The van der Waals surface area contributed by atoms with Crippen molar-refractivity contribution in [2.24, 2.45) is 5.92 Å². The molecule has 4 nitrogen and oxygen atoms in total.